The summed E-state index contributed by atoms with van der Waals surface area (Å²) in [5.41, 5.74) is -0.959. The van der Waals surface area contributed by atoms with Crippen molar-refractivity contribution in [2.75, 3.05) is 0 Å². The summed E-state index contributed by atoms with van der Waals surface area (Å²) < 4.78 is 30.2. The molecule has 0 bridgehead atoms. The molecule has 1 amide bonds. The van der Waals surface area contributed by atoms with E-state index in [1.807, 2.05) is 0 Å². The Kier molecular flexibility index (Phi) is 5.58. The van der Waals surface area contributed by atoms with Crippen LogP contribution in [0.1, 0.15) is 27.7 Å². The van der Waals surface area contributed by atoms with E-state index in [-0.39, 0.29) is 13.8 Å². The first-order valence-electron chi connectivity index (χ1n) is 6.16. The van der Waals surface area contributed by atoms with E-state index in [0.717, 1.165) is 6.92 Å². The first-order chi connectivity index (χ1) is 9.95. The number of sulfonamides is 1. The summed E-state index contributed by atoms with van der Waals surface area (Å²) in [7, 11) is -4.43. The minimum atomic E-state index is -4.43. The summed E-state index contributed by atoms with van der Waals surface area (Å²) in [6.45, 7) is 5.65. The van der Waals surface area contributed by atoms with Gasteiger partial charge in [0, 0.05) is 11.4 Å². The van der Waals surface area contributed by atoms with E-state index in [1.165, 1.54) is 18.2 Å². The van der Waals surface area contributed by atoms with E-state index >= 15 is 0 Å². The molecule has 0 fully saturated rings. The zero-order valence-corrected chi connectivity index (χ0v) is 14.9. The van der Waals surface area contributed by atoms with Crippen molar-refractivity contribution < 1.29 is 27.6 Å². The molecular formula is C13H16BrNO6S. The third-order valence-electron chi connectivity index (χ3n) is 2.09. The molecule has 0 saturated heterocycles. The molecule has 0 aliphatic heterocycles. The number of ether oxygens (including phenoxy) is 1. The molecule has 0 aromatic heterocycles. The second kappa shape index (κ2) is 6.66. The first kappa shape index (κ1) is 18.4. The Bertz CT molecular complexity index is 680. The average Bonchev–Trinajstić information content (AvgIpc) is 2.33. The van der Waals surface area contributed by atoms with Gasteiger partial charge in [-0.25, -0.2) is 9.59 Å². The summed E-state index contributed by atoms with van der Waals surface area (Å²) >= 11 is 3.08. The van der Waals surface area contributed by atoms with Crippen molar-refractivity contribution in [2.24, 2.45) is 0 Å². The predicted molar refractivity (Wildman–Crippen MR) is 81.2 cm³/mol. The summed E-state index contributed by atoms with van der Waals surface area (Å²) in [6.07, 6.45) is -1.31. The van der Waals surface area contributed by atoms with Gasteiger partial charge in [0.2, 0.25) is 0 Å². The number of benzene rings is 1. The summed E-state index contributed by atoms with van der Waals surface area (Å²) in [4.78, 5) is 27.5. The lowest BCUT2D eigenvalue weighted by Crippen LogP contribution is -2.41. The Morgan fingerprint density at radius 3 is 2.18 bits per heavy atom. The van der Waals surface area contributed by atoms with Crippen LogP contribution in [0.3, 0.4) is 0 Å². The van der Waals surface area contributed by atoms with Gasteiger partial charge < -0.3 is 9.57 Å². The number of carbonyl (C=O) groups is 2. The van der Waals surface area contributed by atoms with E-state index in [1.54, 1.807) is 26.8 Å². The molecule has 0 radical (unpaired) electrons. The number of halogens is 1. The lowest BCUT2D eigenvalue weighted by molar-refractivity contribution is -0.164. The Morgan fingerprint density at radius 1 is 1.18 bits per heavy atom. The van der Waals surface area contributed by atoms with Crippen LogP contribution in [0.2, 0.25) is 0 Å². The monoisotopic (exact) mass is 393 g/mol. The van der Waals surface area contributed by atoms with Crippen LogP contribution in [-0.2, 0) is 24.4 Å². The molecule has 7 nitrogen and oxygen atoms in total. The van der Waals surface area contributed by atoms with Gasteiger partial charge in [-0.1, -0.05) is 12.1 Å². The Hall–Kier alpha value is -1.61. The van der Waals surface area contributed by atoms with Crippen molar-refractivity contribution in [3.8, 4) is 0 Å². The molecule has 22 heavy (non-hydrogen) atoms. The largest absolute Gasteiger partial charge is 0.459 e. The molecule has 0 unspecified atom stereocenters. The van der Waals surface area contributed by atoms with Gasteiger partial charge in [-0.15, -0.1) is 0 Å². The molecular weight excluding hydrogens is 378 g/mol. The maximum atomic E-state index is 12.5. The van der Waals surface area contributed by atoms with Crippen LogP contribution in [0, 0.1) is 0 Å². The minimum absolute atomic E-state index is 0.0549. The van der Waals surface area contributed by atoms with Gasteiger partial charge in [-0.05, 0) is 53.3 Å². The number of carbonyl (C=O) groups excluding carboxylic acids is 2. The standard InChI is InChI=1S/C13H16BrNO6S/c1-9(16)21-15(12(17)20-13(2,3)4)22(18,19)11-8-6-5-7-10(11)14/h5-8H,1-4H3. The maximum absolute atomic E-state index is 12.5. The summed E-state index contributed by atoms with van der Waals surface area (Å²) in [6, 6.07) is 5.82. The molecule has 122 valence electrons. The number of hydrogen-bond acceptors (Lipinski definition) is 6. The van der Waals surface area contributed by atoms with Crippen molar-refractivity contribution in [3.63, 3.8) is 0 Å². The van der Waals surface area contributed by atoms with Crippen molar-refractivity contribution in [2.45, 2.75) is 38.2 Å². The van der Waals surface area contributed by atoms with Gasteiger partial charge >= 0.3 is 22.1 Å². The minimum Gasteiger partial charge on any atom is -0.441 e. The molecule has 0 heterocycles. The number of rotatable bonds is 2. The first-order valence-corrected chi connectivity index (χ1v) is 8.40. The second-order valence-electron chi connectivity index (χ2n) is 5.23. The van der Waals surface area contributed by atoms with E-state index in [2.05, 4.69) is 20.8 Å². The third kappa shape index (κ3) is 4.70. The van der Waals surface area contributed by atoms with Crippen LogP contribution in [0.25, 0.3) is 0 Å². The normalized spacial score (nSPS) is 11.7. The Balaban J connectivity index is 3.30. The summed E-state index contributed by atoms with van der Waals surface area (Å²) in [5.74, 6) is -0.971. The highest BCUT2D eigenvalue weighted by Crippen LogP contribution is 2.26. The van der Waals surface area contributed by atoms with E-state index in [4.69, 9.17) is 4.74 Å². The highest BCUT2D eigenvalue weighted by atomic mass is 79.9. The van der Waals surface area contributed by atoms with Crippen molar-refractivity contribution in [3.05, 3.63) is 28.7 Å². The van der Waals surface area contributed by atoms with Crippen LogP contribution in [-0.4, -0.2) is 30.5 Å². The molecule has 1 aromatic carbocycles. The Morgan fingerprint density at radius 2 is 1.73 bits per heavy atom. The highest BCUT2D eigenvalue weighted by molar-refractivity contribution is 9.10. The fourth-order valence-electron chi connectivity index (χ4n) is 1.34. The van der Waals surface area contributed by atoms with Gasteiger partial charge in [-0.3, -0.25) is 0 Å². The van der Waals surface area contributed by atoms with Gasteiger partial charge in [-0.2, -0.15) is 8.42 Å². The lowest BCUT2D eigenvalue weighted by atomic mass is 10.2. The van der Waals surface area contributed by atoms with Crippen LogP contribution < -0.4 is 0 Å². The fraction of sp³-hybridized carbons (Fsp3) is 0.385. The zero-order chi connectivity index (χ0) is 17.1. The molecule has 0 atom stereocenters. The van der Waals surface area contributed by atoms with Gasteiger partial charge in [0.05, 0.1) is 0 Å². The van der Waals surface area contributed by atoms with Crippen LogP contribution in [0.4, 0.5) is 4.79 Å². The van der Waals surface area contributed by atoms with Crippen molar-refractivity contribution in [1.82, 2.24) is 4.47 Å². The molecule has 0 saturated carbocycles. The number of amides is 1. The molecule has 0 aliphatic rings. The topological polar surface area (TPSA) is 90.0 Å². The highest BCUT2D eigenvalue weighted by Gasteiger charge is 2.37. The van der Waals surface area contributed by atoms with Crippen LogP contribution in [0.15, 0.2) is 33.6 Å². The van der Waals surface area contributed by atoms with Crippen LogP contribution in [0.5, 0.6) is 0 Å². The van der Waals surface area contributed by atoms with Gasteiger partial charge in [0.25, 0.3) is 0 Å². The fourth-order valence-corrected chi connectivity index (χ4v) is 3.42. The molecule has 0 aliphatic carbocycles. The van der Waals surface area contributed by atoms with Crippen molar-refractivity contribution >= 4 is 38.0 Å². The molecule has 1 rings (SSSR count). The van der Waals surface area contributed by atoms with Gasteiger partial charge in [0.15, 0.2) is 0 Å². The third-order valence-corrected chi connectivity index (χ3v) is 4.61. The molecule has 9 heteroatoms. The van der Waals surface area contributed by atoms with Crippen LogP contribution >= 0.6 is 15.9 Å². The predicted octanol–water partition coefficient (Wildman–Crippen LogP) is 2.85. The summed E-state index contributed by atoms with van der Waals surface area (Å²) in [5, 5.41) is 0. The Labute approximate surface area is 137 Å². The van der Waals surface area contributed by atoms with E-state index in [9.17, 15) is 18.0 Å². The smallest absolute Gasteiger partial charge is 0.441 e. The SMILES string of the molecule is CC(=O)ON(C(=O)OC(C)(C)C)S(=O)(=O)c1ccccc1Br. The number of nitrogens with zero attached hydrogens (tertiary/aromatic N) is 1. The van der Waals surface area contributed by atoms with Crippen molar-refractivity contribution in [1.29, 1.82) is 0 Å². The number of hydroxylamine groups is 1. The molecule has 1 aromatic rings. The van der Waals surface area contributed by atoms with E-state index < -0.39 is 27.7 Å². The zero-order valence-electron chi connectivity index (χ0n) is 12.5. The molecule has 0 spiro atoms. The number of hydrogen-bond donors (Lipinski definition) is 0. The van der Waals surface area contributed by atoms with Gasteiger partial charge in [0.1, 0.15) is 10.5 Å². The average molecular weight is 394 g/mol. The molecule has 0 N–H and O–H groups in total. The quantitative estimate of drug-likeness (QED) is 0.717. The lowest BCUT2D eigenvalue weighted by Gasteiger charge is -2.25. The second-order valence-corrected chi connectivity index (χ2v) is 7.80. The maximum Gasteiger partial charge on any atom is 0.459 e. The van der Waals surface area contributed by atoms with E-state index in [0.29, 0.717) is 0 Å².